The number of anilines is 1. The van der Waals surface area contributed by atoms with Gasteiger partial charge < -0.3 is 19.7 Å². The number of nitrogens with zero attached hydrogens (tertiary/aromatic N) is 3. The zero-order chi connectivity index (χ0) is 34.2. The fraction of sp³-hybridized carbons (Fsp3) is 0.538. The number of benzene rings is 2. The number of esters is 1. The van der Waals surface area contributed by atoms with E-state index >= 15 is 0 Å². The molecular weight excluding hydrogens is 604 g/mol. The average molecular weight is 657 g/mol. The SMILES string of the molecule is COC(=O)CCC(=O)N[C@H]1CC[C@H](C(=O)N(C[C@H]2CC[C@H](c3ccc(OC)c(C)c3)CC2)c2cccc(-c3cnn(C(C)C)c3)c2)CC1. The van der Waals surface area contributed by atoms with Gasteiger partial charge >= 0.3 is 5.97 Å². The third-order valence-corrected chi connectivity index (χ3v) is 10.3. The van der Waals surface area contributed by atoms with E-state index in [0.29, 0.717) is 18.4 Å². The minimum absolute atomic E-state index is 0.0188. The lowest BCUT2D eigenvalue weighted by atomic mass is 9.78. The van der Waals surface area contributed by atoms with Crippen molar-refractivity contribution in [3.63, 3.8) is 0 Å². The van der Waals surface area contributed by atoms with Crippen molar-refractivity contribution >= 4 is 23.5 Å². The number of hydrogen-bond acceptors (Lipinski definition) is 6. The molecule has 9 heteroatoms. The number of methoxy groups -OCH3 is 2. The highest BCUT2D eigenvalue weighted by Gasteiger charge is 2.33. The van der Waals surface area contributed by atoms with Gasteiger partial charge in [0.1, 0.15) is 5.75 Å². The summed E-state index contributed by atoms with van der Waals surface area (Å²) in [6.45, 7) is 7.03. The number of hydrogen-bond donors (Lipinski definition) is 1. The second-order valence-electron chi connectivity index (χ2n) is 13.9. The van der Waals surface area contributed by atoms with E-state index in [4.69, 9.17) is 4.74 Å². The summed E-state index contributed by atoms with van der Waals surface area (Å²) >= 11 is 0. The Kier molecular flexibility index (Phi) is 12.0. The molecule has 0 spiro atoms. The van der Waals surface area contributed by atoms with Crippen molar-refractivity contribution in [1.29, 1.82) is 0 Å². The predicted molar refractivity (Wildman–Crippen MR) is 188 cm³/mol. The summed E-state index contributed by atoms with van der Waals surface area (Å²) in [5, 5.41) is 7.60. The number of aromatic nitrogens is 2. The van der Waals surface area contributed by atoms with Crippen molar-refractivity contribution in [1.82, 2.24) is 15.1 Å². The Morgan fingerprint density at radius 3 is 2.33 bits per heavy atom. The second kappa shape index (κ2) is 16.3. The third-order valence-electron chi connectivity index (χ3n) is 10.3. The van der Waals surface area contributed by atoms with Gasteiger partial charge in [-0.05, 0) is 119 Å². The molecule has 2 saturated carbocycles. The van der Waals surface area contributed by atoms with Crippen molar-refractivity contribution in [2.75, 3.05) is 25.7 Å². The number of carbonyl (C=O) groups is 3. The van der Waals surface area contributed by atoms with Gasteiger partial charge in [0.25, 0.3) is 0 Å². The zero-order valence-corrected chi connectivity index (χ0v) is 29.2. The molecule has 0 radical (unpaired) electrons. The van der Waals surface area contributed by atoms with Crippen LogP contribution in [-0.2, 0) is 19.1 Å². The van der Waals surface area contributed by atoms with Gasteiger partial charge in [0.2, 0.25) is 11.8 Å². The highest BCUT2D eigenvalue weighted by atomic mass is 16.5. The van der Waals surface area contributed by atoms with Crippen LogP contribution in [0.25, 0.3) is 11.1 Å². The molecule has 2 amide bonds. The van der Waals surface area contributed by atoms with Gasteiger partial charge in [-0.25, -0.2) is 0 Å². The van der Waals surface area contributed by atoms with Gasteiger partial charge in [0.15, 0.2) is 0 Å². The number of rotatable bonds is 12. The summed E-state index contributed by atoms with van der Waals surface area (Å²) in [4.78, 5) is 40.3. The van der Waals surface area contributed by atoms with E-state index in [1.54, 1.807) is 7.11 Å². The molecule has 1 heterocycles. The maximum Gasteiger partial charge on any atom is 0.306 e. The lowest BCUT2D eigenvalue weighted by molar-refractivity contribution is -0.142. The first-order valence-corrected chi connectivity index (χ1v) is 17.6. The molecule has 2 aliphatic rings. The van der Waals surface area contributed by atoms with Crippen LogP contribution in [0.15, 0.2) is 54.9 Å². The van der Waals surface area contributed by atoms with E-state index in [-0.39, 0.29) is 48.6 Å². The quantitative estimate of drug-likeness (QED) is 0.204. The number of nitrogens with one attached hydrogen (secondary N) is 1. The molecular formula is C39H52N4O5. The smallest absolute Gasteiger partial charge is 0.306 e. The normalized spacial score (nSPS) is 21.0. The van der Waals surface area contributed by atoms with E-state index in [1.807, 2.05) is 16.9 Å². The molecule has 5 rings (SSSR count). The standard InChI is InChI=1S/C39H52N4O5/c1-26(2)43-25-33(23-40-43)31-7-6-8-35(22-31)42(24-28-9-11-29(12-10-28)32-15-18-36(47-4)27(3)21-32)39(46)30-13-16-34(17-14-30)41-37(44)19-20-38(45)48-5/h6-8,15,18,21-23,25-26,28-30,34H,9-14,16-17,19-20,24H2,1-5H3,(H,41,44)/t28-,29-,30-,34-. The third kappa shape index (κ3) is 8.85. The molecule has 1 aromatic heterocycles. The van der Waals surface area contributed by atoms with Gasteiger partial charge in [0.05, 0.1) is 26.8 Å². The van der Waals surface area contributed by atoms with Crippen molar-refractivity contribution in [3.8, 4) is 16.9 Å². The van der Waals surface area contributed by atoms with Gasteiger partial charge in [-0.2, -0.15) is 5.10 Å². The Morgan fingerprint density at radius 1 is 0.938 bits per heavy atom. The average Bonchev–Trinajstić information content (AvgIpc) is 3.61. The summed E-state index contributed by atoms with van der Waals surface area (Å²) in [5.41, 5.74) is 5.57. The Hall–Kier alpha value is -4.14. The second-order valence-corrected chi connectivity index (χ2v) is 13.9. The predicted octanol–water partition coefficient (Wildman–Crippen LogP) is 7.38. The molecule has 3 aromatic rings. The van der Waals surface area contributed by atoms with Crippen LogP contribution in [-0.4, -0.2) is 54.4 Å². The van der Waals surface area contributed by atoms with Gasteiger partial charge in [-0.1, -0.05) is 24.3 Å². The van der Waals surface area contributed by atoms with Crippen LogP contribution >= 0.6 is 0 Å². The van der Waals surface area contributed by atoms with Gasteiger partial charge in [-0.15, -0.1) is 0 Å². The van der Waals surface area contributed by atoms with E-state index in [1.165, 1.54) is 18.2 Å². The fourth-order valence-corrected chi connectivity index (χ4v) is 7.36. The number of ether oxygens (including phenoxy) is 2. The van der Waals surface area contributed by atoms with Crippen LogP contribution in [0.1, 0.15) is 101 Å². The maximum absolute atomic E-state index is 14.4. The minimum atomic E-state index is -0.387. The number of amides is 2. The summed E-state index contributed by atoms with van der Waals surface area (Å²) < 4.78 is 12.1. The van der Waals surface area contributed by atoms with E-state index < -0.39 is 0 Å². The first-order valence-electron chi connectivity index (χ1n) is 17.6. The lowest BCUT2D eigenvalue weighted by Gasteiger charge is -2.36. The first-order chi connectivity index (χ1) is 23.1. The maximum atomic E-state index is 14.4. The van der Waals surface area contributed by atoms with Gasteiger partial charge in [-0.3, -0.25) is 19.1 Å². The van der Waals surface area contributed by atoms with Gasteiger partial charge in [0, 0.05) is 48.4 Å². The van der Waals surface area contributed by atoms with Crippen LogP contribution in [0, 0.1) is 18.8 Å². The molecule has 2 fully saturated rings. The minimum Gasteiger partial charge on any atom is -0.496 e. The first kappa shape index (κ1) is 35.2. The van der Waals surface area contributed by atoms with Crippen molar-refractivity contribution in [3.05, 3.63) is 66.0 Å². The largest absolute Gasteiger partial charge is 0.496 e. The molecule has 0 bridgehead atoms. The Balaban J connectivity index is 1.28. The number of aryl methyl sites for hydroxylation is 1. The van der Waals surface area contributed by atoms with E-state index in [9.17, 15) is 14.4 Å². The molecule has 2 aliphatic carbocycles. The summed E-state index contributed by atoms with van der Waals surface area (Å²) in [6.07, 6.45) is 11.5. The Labute approximate surface area is 285 Å². The van der Waals surface area contributed by atoms with Crippen molar-refractivity contribution < 1.29 is 23.9 Å². The topological polar surface area (TPSA) is 103 Å². The van der Waals surface area contributed by atoms with Crippen LogP contribution < -0.4 is 15.0 Å². The summed E-state index contributed by atoms with van der Waals surface area (Å²) in [5.74, 6) is 1.41. The highest BCUT2D eigenvalue weighted by Crippen LogP contribution is 2.39. The van der Waals surface area contributed by atoms with Crippen molar-refractivity contribution in [2.45, 2.75) is 103 Å². The highest BCUT2D eigenvalue weighted by molar-refractivity contribution is 5.95. The molecule has 48 heavy (non-hydrogen) atoms. The molecule has 9 nitrogen and oxygen atoms in total. The monoisotopic (exact) mass is 656 g/mol. The lowest BCUT2D eigenvalue weighted by Crippen LogP contribution is -2.44. The summed E-state index contributed by atoms with van der Waals surface area (Å²) in [7, 11) is 3.04. The molecule has 0 unspecified atom stereocenters. The number of carbonyl (C=O) groups excluding carboxylic acids is 3. The summed E-state index contributed by atoms with van der Waals surface area (Å²) in [6, 6.07) is 15.2. The Morgan fingerprint density at radius 2 is 1.69 bits per heavy atom. The molecule has 0 saturated heterocycles. The molecule has 0 atom stereocenters. The molecule has 0 aliphatic heterocycles. The zero-order valence-electron chi connectivity index (χ0n) is 29.2. The van der Waals surface area contributed by atoms with E-state index in [0.717, 1.165) is 73.9 Å². The van der Waals surface area contributed by atoms with E-state index in [2.05, 4.69) is 83.4 Å². The van der Waals surface area contributed by atoms with Crippen molar-refractivity contribution in [2.24, 2.45) is 11.8 Å². The molecule has 2 aromatic carbocycles. The van der Waals surface area contributed by atoms with Crippen LogP contribution in [0.3, 0.4) is 0 Å². The fourth-order valence-electron chi connectivity index (χ4n) is 7.36. The molecule has 258 valence electrons. The molecule has 1 N–H and O–H groups in total. The van der Waals surface area contributed by atoms with Crippen LogP contribution in [0.2, 0.25) is 0 Å². The van der Waals surface area contributed by atoms with Crippen LogP contribution in [0.5, 0.6) is 5.75 Å². The van der Waals surface area contributed by atoms with Crippen LogP contribution in [0.4, 0.5) is 5.69 Å². The Bertz CT molecular complexity index is 1550.